The van der Waals surface area contributed by atoms with Crippen LogP contribution in [-0.2, 0) is 9.59 Å². The zero-order chi connectivity index (χ0) is 15.7. The molecule has 0 aromatic rings. The van der Waals surface area contributed by atoms with Crippen molar-refractivity contribution >= 4 is 11.6 Å². The van der Waals surface area contributed by atoms with E-state index < -0.39 is 0 Å². The van der Waals surface area contributed by atoms with Crippen LogP contribution in [0, 0.1) is 40.4 Å². The van der Waals surface area contributed by atoms with Crippen molar-refractivity contribution in [1.29, 1.82) is 0 Å². The quantitative estimate of drug-likeness (QED) is 0.664. The van der Waals surface area contributed by atoms with Gasteiger partial charge in [-0.25, -0.2) is 0 Å². The van der Waals surface area contributed by atoms with Gasteiger partial charge in [0.05, 0.1) is 0 Å². The van der Waals surface area contributed by atoms with E-state index in [0.717, 1.165) is 43.9 Å². The lowest BCUT2D eigenvalue weighted by Crippen LogP contribution is -2.54. The highest BCUT2D eigenvalue weighted by atomic mass is 16.1. The van der Waals surface area contributed by atoms with Crippen LogP contribution in [0.1, 0.15) is 72.1 Å². The molecule has 22 heavy (non-hydrogen) atoms. The standard InChI is InChI=1S/C20H30O2/c1-12-11-20(3)13(10-17(12)21)4-5-14-15-6-7-18(22)19(15,2)9-8-16(14)20/h12-16H,4-11H2,1-3H3/t12?,13?,14-,15-,16-,19-,20-/m0/s1. The fourth-order valence-electron chi connectivity index (χ4n) is 7.18. The molecule has 4 fully saturated rings. The molecule has 4 aliphatic carbocycles. The van der Waals surface area contributed by atoms with E-state index in [1.165, 1.54) is 19.3 Å². The maximum Gasteiger partial charge on any atom is 0.139 e. The minimum atomic E-state index is -0.0134. The fourth-order valence-corrected chi connectivity index (χ4v) is 7.18. The molecule has 0 heterocycles. The second-order valence-corrected chi connectivity index (χ2v) is 9.35. The lowest BCUT2D eigenvalue weighted by molar-refractivity contribution is -0.149. The maximum absolute atomic E-state index is 12.4. The number of hydrogen-bond acceptors (Lipinski definition) is 2. The van der Waals surface area contributed by atoms with Gasteiger partial charge in [-0.15, -0.1) is 0 Å². The Kier molecular flexibility index (Phi) is 3.17. The zero-order valence-corrected chi connectivity index (χ0v) is 14.4. The van der Waals surface area contributed by atoms with Gasteiger partial charge in [-0.3, -0.25) is 9.59 Å². The molecule has 4 aliphatic rings. The highest BCUT2D eigenvalue weighted by Gasteiger charge is 2.60. The van der Waals surface area contributed by atoms with Crippen molar-refractivity contribution in [2.24, 2.45) is 40.4 Å². The molecule has 0 aromatic heterocycles. The van der Waals surface area contributed by atoms with Crippen molar-refractivity contribution in [3.8, 4) is 0 Å². The number of rotatable bonds is 0. The Hall–Kier alpha value is -0.660. The molecule has 7 atom stereocenters. The molecule has 0 spiro atoms. The summed E-state index contributed by atoms with van der Waals surface area (Å²) < 4.78 is 0. The van der Waals surface area contributed by atoms with Crippen LogP contribution in [0.4, 0.5) is 0 Å². The number of fused-ring (bicyclic) bond motifs is 5. The minimum Gasteiger partial charge on any atom is -0.299 e. The molecule has 0 N–H and O–H groups in total. The summed E-state index contributed by atoms with van der Waals surface area (Å²) in [4.78, 5) is 24.6. The Morgan fingerprint density at radius 3 is 2.55 bits per heavy atom. The molecule has 0 bridgehead atoms. The number of ketones is 2. The summed E-state index contributed by atoms with van der Waals surface area (Å²) in [5.41, 5.74) is 0.337. The number of carbonyl (C=O) groups excluding carboxylic acids is 2. The normalized spacial score (nSPS) is 54.6. The summed E-state index contributed by atoms with van der Waals surface area (Å²) in [5, 5.41) is 0. The molecule has 0 amide bonds. The maximum atomic E-state index is 12.4. The molecule has 0 aromatic carbocycles. The van der Waals surface area contributed by atoms with E-state index in [9.17, 15) is 9.59 Å². The van der Waals surface area contributed by atoms with Crippen molar-refractivity contribution in [3.63, 3.8) is 0 Å². The summed E-state index contributed by atoms with van der Waals surface area (Å²) in [7, 11) is 0. The molecule has 4 rings (SSSR count). The molecule has 0 saturated heterocycles. The van der Waals surface area contributed by atoms with Crippen LogP contribution in [0.25, 0.3) is 0 Å². The summed E-state index contributed by atoms with van der Waals surface area (Å²) in [6.07, 6.45) is 8.67. The third-order valence-electron chi connectivity index (χ3n) is 8.52. The first-order valence-corrected chi connectivity index (χ1v) is 9.42. The lowest BCUT2D eigenvalue weighted by atomic mass is 9.44. The third-order valence-corrected chi connectivity index (χ3v) is 8.52. The van der Waals surface area contributed by atoms with E-state index in [1.54, 1.807) is 0 Å². The zero-order valence-electron chi connectivity index (χ0n) is 14.4. The lowest BCUT2D eigenvalue weighted by Gasteiger charge is -2.60. The van der Waals surface area contributed by atoms with E-state index in [-0.39, 0.29) is 11.3 Å². The minimum absolute atomic E-state index is 0.0134. The van der Waals surface area contributed by atoms with Crippen LogP contribution < -0.4 is 0 Å². The molecule has 0 aliphatic heterocycles. The Labute approximate surface area is 134 Å². The van der Waals surface area contributed by atoms with Gasteiger partial charge in [-0.05, 0) is 67.6 Å². The van der Waals surface area contributed by atoms with E-state index in [1.807, 2.05) is 0 Å². The molecular weight excluding hydrogens is 272 g/mol. The summed E-state index contributed by atoms with van der Waals surface area (Å²) in [6.45, 7) is 6.88. The topological polar surface area (TPSA) is 34.1 Å². The Morgan fingerprint density at radius 2 is 1.77 bits per heavy atom. The molecule has 2 nitrogen and oxygen atoms in total. The highest BCUT2D eigenvalue weighted by Crippen LogP contribution is 2.65. The van der Waals surface area contributed by atoms with Gasteiger partial charge in [0.15, 0.2) is 0 Å². The number of Topliss-reactive ketones (excluding diaryl/α,β-unsaturated/α-hetero) is 2. The largest absolute Gasteiger partial charge is 0.299 e. The molecule has 0 radical (unpaired) electrons. The average Bonchev–Trinajstić information content (AvgIpc) is 2.77. The van der Waals surface area contributed by atoms with Crippen LogP contribution in [0.15, 0.2) is 0 Å². The number of carbonyl (C=O) groups is 2. The second kappa shape index (κ2) is 4.68. The molecule has 4 saturated carbocycles. The van der Waals surface area contributed by atoms with Crippen LogP contribution >= 0.6 is 0 Å². The SMILES string of the molecule is CC1C[C@@]2(C)C(CC[C@@H]3[C@@H]2CC[C@]2(C)C(=O)CC[C@@H]32)CC1=O. The first-order valence-electron chi connectivity index (χ1n) is 9.42. The van der Waals surface area contributed by atoms with Crippen molar-refractivity contribution in [3.05, 3.63) is 0 Å². The Bertz CT molecular complexity index is 524. The van der Waals surface area contributed by atoms with Gasteiger partial charge in [-0.1, -0.05) is 20.8 Å². The van der Waals surface area contributed by atoms with E-state index in [4.69, 9.17) is 0 Å². The molecule has 122 valence electrons. The predicted octanol–water partition coefficient (Wildman–Crippen LogP) is 4.41. The van der Waals surface area contributed by atoms with Crippen LogP contribution in [0.2, 0.25) is 0 Å². The van der Waals surface area contributed by atoms with Crippen LogP contribution in [0.5, 0.6) is 0 Å². The smallest absolute Gasteiger partial charge is 0.139 e. The van der Waals surface area contributed by atoms with Gasteiger partial charge in [0.1, 0.15) is 11.6 Å². The molecular formula is C20H30O2. The summed E-state index contributed by atoms with van der Waals surface area (Å²) in [5.74, 6) is 4.02. The van der Waals surface area contributed by atoms with Crippen molar-refractivity contribution in [2.75, 3.05) is 0 Å². The van der Waals surface area contributed by atoms with Crippen molar-refractivity contribution in [1.82, 2.24) is 0 Å². The average molecular weight is 302 g/mol. The van der Waals surface area contributed by atoms with Gasteiger partial charge in [0, 0.05) is 24.2 Å². The van der Waals surface area contributed by atoms with E-state index in [0.29, 0.717) is 28.8 Å². The van der Waals surface area contributed by atoms with E-state index in [2.05, 4.69) is 20.8 Å². The third kappa shape index (κ3) is 1.79. The second-order valence-electron chi connectivity index (χ2n) is 9.35. The Balaban J connectivity index is 1.66. The molecule has 2 unspecified atom stereocenters. The summed E-state index contributed by atoms with van der Waals surface area (Å²) >= 11 is 0. The first kappa shape index (κ1) is 14.9. The van der Waals surface area contributed by atoms with E-state index >= 15 is 0 Å². The monoisotopic (exact) mass is 302 g/mol. The van der Waals surface area contributed by atoms with Gasteiger partial charge in [0.25, 0.3) is 0 Å². The molecule has 2 heteroatoms. The first-order chi connectivity index (χ1) is 10.4. The van der Waals surface area contributed by atoms with Gasteiger partial charge >= 0.3 is 0 Å². The van der Waals surface area contributed by atoms with Gasteiger partial charge in [-0.2, -0.15) is 0 Å². The number of hydrogen-bond donors (Lipinski definition) is 0. The van der Waals surface area contributed by atoms with Crippen LogP contribution in [0.3, 0.4) is 0 Å². The van der Waals surface area contributed by atoms with Crippen molar-refractivity contribution < 1.29 is 9.59 Å². The fraction of sp³-hybridized carbons (Fsp3) is 0.900. The van der Waals surface area contributed by atoms with Crippen LogP contribution in [-0.4, -0.2) is 11.6 Å². The van der Waals surface area contributed by atoms with Gasteiger partial charge in [0.2, 0.25) is 0 Å². The predicted molar refractivity (Wildman–Crippen MR) is 86.3 cm³/mol. The van der Waals surface area contributed by atoms with Crippen molar-refractivity contribution in [2.45, 2.75) is 72.1 Å². The Morgan fingerprint density at radius 1 is 1.00 bits per heavy atom. The highest BCUT2D eigenvalue weighted by molar-refractivity contribution is 5.87. The summed E-state index contributed by atoms with van der Waals surface area (Å²) in [6, 6.07) is 0. The van der Waals surface area contributed by atoms with Gasteiger partial charge < -0.3 is 0 Å².